The number of hydrogen-bond donors (Lipinski definition) is 0. The number of aryl methyl sites for hydroxylation is 1. The van der Waals surface area contributed by atoms with Gasteiger partial charge in [0.05, 0.1) is 17.1 Å². The van der Waals surface area contributed by atoms with Crippen LogP contribution < -0.4 is 4.74 Å². The Hall–Kier alpha value is -2.18. The van der Waals surface area contributed by atoms with E-state index in [4.69, 9.17) is 4.74 Å². The number of amides is 1. The lowest BCUT2D eigenvalue weighted by molar-refractivity contribution is 0.0674. The Morgan fingerprint density at radius 3 is 2.74 bits per heavy atom. The van der Waals surface area contributed by atoms with Crippen molar-refractivity contribution >= 4 is 28.6 Å². The molecule has 0 fully saturated rings. The molecule has 0 aliphatic rings. The smallest absolute Gasteiger partial charge is 0.264 e. The van der Waals surface area contributed by atoms with Crippen LogP contribution in [0.4, 0.5) is 0 Å². The van der Waals surface area contributed by atoms with Crippen molar-refractivity contribution in [3.63, 3.8) is 0 Å². The van der Waals surface area contributed by atoms with Crippen LogP contribution in [0, 0.1) is 6.92 Å². The molecule has 27 heavy (non-hydrogen) atoms. The molecule has 0 bridgehead atoms. The highest BCUT2D eigenvalue weighted by molar-refractivity contribution is 7.12. The summed E-state index contributed by atoms with van der Waals surface area (Å²) in [4.78, 5) is 20.2. The van der Waals surface area contributed by atoms with Gasteiger partial charge in [-0.2, -0.15) is 0 Å². The molecule has 0 radical (unpaired) electrons. The Labute approximate surface area is 168 Å². The molecule has 1 aromatic carbocycles. The maximum absolute atomic E-state index is 12.9. The molecular formula is C21H24N2O2S2. The summed E-state index contributed by atoms with van der Waals surface area (Å²) in [5.74, 6) is 0.952. The Balaban J connectivity index is 1.67. The van der Waals surface area contributed by atoms with Gasteiger partial charge >= 0.3 is 0 Å². The number of aromatic nitrogens is 1. The molecule has 0 saturated heterocycles. The molecule has 0 spiro atoms. The first-order chi connectivity index (χ1) is 13.1. The van der Waals surface area contributed by atoms with E-state index < -0.39 is 0 Å². The molecule has 142 valence electrons. The largest absolute Gasteiger partial charge is 0.486 e. The summed E-state index contributed by atoms with van der Waals surface area (Å²) in [7, 11) is 0. The second-order valence-electron chi connectivity index (χ2n) is 6.45. The third-order valence-electron chi connectivity index (χ3n) is 4.49. The van der Waals surface area contributed by atoms with Gasteiger partial charge in [-0.3, -0.25) is 4.79 Å². The zero-order chi connectivity index (χ0) is 19.2. The quantitative estimate of drug-likeness (QED) is 0.499. The van der Waals surface area contributed by atoms with E-state index in [9.17, 15) is 4.79 Å². The number of rotatable bonds is 8. The molecule has 0 N–H and O–H groups in total. The van der Waals surface area contributed by atoms with E-state index in [1.54, 1.807) is 11.3 Å². The lowest BCUT2D eigenvalue weighted by atomic mass is 10.2. The average Bonchev–Trinajstić information content (AvgIpc) is 3.36. The van der Waals surface area contributed by atoms with Gasteiger partial charge in [0.2, 0.25) is 0 Å². The van der Waals surface area contributed by atoms with Gasteiger partial charge in [0.1, 0.15) is 17.4 Å². The number of para-hydroxylation sites is 1. The van der Waals surface area contributed by atoms with Crippen LogP contribution in [0.15, 0.2) is 47.2 Å². The Bertz CT molecular complexity index is 874. The normalized spacial score (nSPS) is 12.0. The third kappa shape index (κ3) is 4.96. The molecule has 3 rings (SSSR count). The Kier molecular flexibility index (Phi) is 6.63. The molecule has 2 heterocycles. The molecule has 1 unspecified atom stereocenters. The molecular weight excluding hydrogens is 376 g/mol. The summed E-state index contributed by atoms with van der Waals surface area (Å²) >= 11 is 3.05. The van der Waals surface area contributed by atoms with Crippen molar-refractivity contribution in [1.82, 2.24) is 9.88 Å². The highest BCUT2D eigenvalue weighted by atomic mass is 32.1. The minimum Gasteiger partial charge on any atom is -0.486 e. The second kappa shape index (κ2) is 9.15. The van der Waals surface area contributed by atoms with E-state index in [0.717, 1.165) is 33.3 Å². The molecule has 2 aromatic heterocycles. The van der Waals surface area contributed by atoms with E-state index in [0.29, 0.717) is 13.2 Å². The lowest BCUT2D eigenvalue weighted by Crippen LogP contribution is -2.37. The number of carbonyl (C=O) groups is 1. The van der Waals surface area contributed by atoms with Crippen LogP contribution in [0.5, 0.6) is 5.75 Å². The summed E-state index contributed by atoms with van der Waals surface area (Å²) in [5.41, 5.74) is 2.02. The summed E-state index contributed by atoms with van der Waals surface area (Å²) in [6, 6.07) is 11.9. The number of thiophene rings is 1. The van der Waals surface area contributed by atoms with E-state index in [1.165, 1.54) is 11.3 Å². The van der Waals surface area contributed by atoms with Crippen molar-refractivity contribution in [3.05, 3.63) is 68.3 Å². The zero-order valence-electron chi connectivity index (χ0n) is 15.8. The topological polar surface area (TPSA) is 42.4 Å². The Morgan fingerprint density at radius 1 is 1.22 bits per heavy atom. The molecule has 1 amide bonds. The van der Waals surface area contributed by atoms with E-state index >= 15 is 0 Å². The molecule has 4 nitrogen and oxygen atoms in total. The molecule has 1 atom stereocenters. The summed E-state index contributed by atoms with van der Waals surface area (Å²) in [6.07, 6.45) is 0.907. The highest BCUT2D eigenvalue weighted by Crippen LogP contribution is 2.22. The van der Waals surface area contributed by atoms with E-state index in [1.807, 2.05) is 59.0 Å². The van der Waals surface area contributed by atoms with Crippen molar-refractivity contribution in [3.8, 4) is 5.75 Å². The van der Waals surface area contributed by atoms with Crippen LogP contribution in [0.25, 0.3) is 0 Å². The van der Waals surface area contributed by atoms with Crippen LogP contribution in [-0.4, -0.2) is 21.8 Å². The van der Waals surface area contributed by atoms with Crippen molar-refractivity contribution < 1.29 is 9.53 Å². The molecule has 0 aliphatic carbocycles. The summed E-state index contributed by atoms with van der Waals surface area (Å²) < 4.78 is 5.89. The zero-order valence-corrected chi connectivity index (χ0v) is 17.5. The van der Waals surface area contributed by atoms with Gasteiger partial charge in [0.25, 0.3) is 5.91 Å². The minimum absolute atomic E-state index is 0.0741. The highest BCUT2D eigenvalue weighted by Gasteiger charge is 2.22. The number of nitrogens with zero attached hydrogens (tertiary/aromatic N) is 2. The van der Waals surface area contributed by atoms with E-state index in [-0.39, 0.29) is 11.9 Å². The molecule has 3 aromatic rings. The number of ether oxygens (including phenoxy) is 1. The van der Waals surface area contributed by atoms with Gasteiger partial charge in [-0.25, -0.2) is 4.98 Å². The maximum Gasteiger partial charge on any atom is 0.264 e. The fraction of sp³-hybridized carbons (Fsp3) is 0.333. The van der Waals surface area contributed by atoms with E-state index in [2.05, 4.69) is 18.8 Å². The fourth-order valence-electron chi connectivity index (χ4n) is 2.71. The van der Waals surface area contributed by atoms with Gasteiger partial charge < -0.3 is 9.64 Å². The number of benzene rings is 1. The third-order valence-corrected chi connectivity index (χ3v) is 6.22. The second-order valence-corrected chi connectivity index (χ2v) is 8.34. The molecule has 0 saturated carbocycles. The van der Waals surface area contributed by atoms with Crippen LogP contribution in [0.2, 0.25) is 0 Å². The summed E-state index contributed by atoms with van der Waals surface area (Å²) in [6.45, 7) is 7.18. The number of hydrogen-bond acceptors (Lipinski definition) is 5. The van der Waals surface area contributed by atoms with Gasteiger partial charge in [-0.15, -0.1) is 22.7 Å². The predicted octanol–water partition coefficient (Wildman–Crippen LogP) is 5.53. The Morgan fingerprint density at radius 2 is 2.04 bits per heavy atom. The first-order valence-corrected chi connectivity index (χ1v) is 10.8. The monoisotopic (exact) mass is 400 g/mol. The number of carbonyl (C=O) groups excluding carboxylic acids is 1. The maximum atomic E-state index is 12.9. The van der Waals surface area contributed by atoms with Gasteiger partial charge in [-0.05, 0) is 43.3 Å². The van der Waals surface area contributed by atoms with Crippen molar-refractivity contribution in [2.75, 3.05) is 0 Å². The van der Waals surface area contributed by atoms with Crippen molar-refractivity contribution in [1.29, 1.82) is 0 Å². The summed E-state index contributed by atoms with van der Waals surface area (Å²) in [5, 5.41) is 4.88. The van der Waals surface area contributed by atoms with Gasteiger partial charge in [-0.1, -0.05) is 31.2 Å². The molecule has 0 aliphatic heterocycles. The van der Waals surface area contributed by atoms with Crippen molar-refractivity contribution in [2.45, 2.75) is 46.4 Å². The first kappa shape index (κ1) is 19.6. The van der Waals surface area contributed by atoms with Crippen LogP contribution >= 0.6 is 22.7 Å². The molecule has 6 heteroatoms. The SMILES string of the molecule is CCC(C)N(Cc1csc(COc2ccccc2C)n1)C(=O)c1cccs1. The first-order valence-electron chi connectivity index (χ1n) is 9.04. The predicted molar refractivity (Wildman–Crippen MR) is 112 cm³/mol. The van der Waals surface area contributed by atoms with Gasteiger partial charge in [0, 0.05) is 11.4 Å². The van der Waals surface area contributed by atoms with Gasteiger partial charge in [0.15, 0.2) is 0 Å². The van der Waals surface area contributed by atoms with Crippen LogP contribution in [0.1, 0.15) is 46.2 Å². The standard InChI is InChI=1S/C21H24N2O2S2/c1-4-16(3)23(21(24)19-10-7-11-26-19)12-17-14-27-20(22-17)13-25-18-9-6-5-8-15(18)2/h5-11,14,16H,4,12-13H2,1-3H3. The fourth-order valence-corrected chi connectivity index (χ4v) is 4.09. The van der Waals surface area contributed by atoms with Crippen LogP contribution in [-0.2, 0) is 13.2 Å². The van der Waals surface area contributed by atoms with Crippen LogP contribution in [0.3, 0.4) is 0 Å². The minimum atomic E-state index is 0.0741. The average molecular weight is 401 g/mol. The lowest BCUT2D eigenvalue weighted by Gasteiger charge is -2.27. The van der Waals surface area contributed by atoms with Crippen molar-refractivity contribution in [2.24, 2.45) is 0 Å². The number of thiazole rings is 1.